The zero-order valence-corrected chi connectivity index (χ0v) is 12.4. The molecule has 0 atom stereocenters. The third-order valence-corrected chi connectivity index (χ3v) is 3.62. The lowest BCUT2D eigenvalue weighted by molar-refractivity contribution is 0.769. The van der Waals surface area contributed by atoms with Crippen LogP contribution >= 0.6 is 0 Å². The SMILES string of the molecule is CC(C)c1nc(Nc2ccc3c(c2)CCCN3)cc(=O)[nH]1. The highest BCUT2D eigenvalue weighted by Crippen LogP contribution is 2.26. The molecule has 1 aromatic heterocycles. The van der Waals surface area contributed by atoms with Crippen molar-refractivity contribution in [1.82, 2.24) is 9.97 Å². The number of hydrogen-bond acceptors (Lipinski definition) is 4. The molecule has 0 saturated heterocycles. The second-order valence-corrected chi connectivity index (χ2v) is 5.70. The van der Waals surface area contributed by atoms with E-state index in [0.717, 1.165) is 25.1 Å². The Bertz CT molecular complexity index is 706. The normalized spacial score (nSPS) is 13.7. The second-order valence-electron chi connectivity index (χ2n) is 5.70. The van der Waals surface area contributed by atoms with E-state index >= 15 is 0 Å². The monoisotopic (exact) mass is 284 g/mol. The number of nitrogens with one attached hydrogen (secondary N) is 3. The van der Waals surface area contributed by atoms with Gasteiger partial charge >= 0.3 is 0 Å². The van der Waals surface area contributed by atoms with E-state index in [-0.39, 0.29) is 11.5 Å². The smallest absolute Gasteiger partial charge is 0.252 e. The lowest BCUT2D eigenvalue weighted by Gasteiger charge is -2.19. The number of fused-ring (bicyclic) bond motifs is 1. The van der Waals surface area contributed by atoms with E-state index in [1.165, 1.54) is 17.3 Å². The minimum atomic E-state index is -0.129. The lowest BCUT2D eigenvalue weighted by atomic mass is 10.0. The average Bonchev–Trinajstić information content (AvgIpc) is 2.46. The van der Waals surface area contributed by atoms with Crippen LogP contribution in [0.2, 0.25) is 0 Å². The number of nitrogens with zero attached hydrogens (tertiary/aromatic N) is 1. The molecule has 0 saturated carbocycles. The molecule has 21 heavy (non-hydrogen) atoms. The Morgan fingerprint density at radius 2 is 2.14 bits per heavy atom. The molecule has 0 bridgehead atoms. The fourth-order valence-corrected chi connectivity index (χ4v) is 2.51. The number of aromatic amines is 1. The van der Waals surface area contributed by atoms with Crippen molar-refractivity contribution in [1.29, 1.82) is 0 Å². The van der Waals surface area contributed by atoms with Crippen LogP contribution in [0.15, 0.2) is 29.1 Å². The highest BCUT2D eigenvalue weighted by Gasteiger charge is 2.10. The Kier molecular flexibility index (Phi) is 3.64. The topological polar surface area (TPSA) is 69.8 Å². The van der Waals surface area contributed by atoms with Gasteiger partial charge in [0.15, 0.2) is 0 Å². The highest BCUT2D eigenvalue weighted by molar-refractivity contribution is 5.64. The van der Waals surface area contributed by atoms with Crippen molar-refractivity contribution < 1.29 is 0 Å². The van der Waals surface area contributed by atoms with E-state index in [0.29, 0.717) is 11.6 Å². The number of H-pyrrole nitrogens is 1. The fourth-order valence-electron chi connectivity index (χ4n) is 2.51. The number of rotatable bonds is 3. The number of aromatic nitrogens is 2. The summed E-state index contributed by atoms with van der Waals surface area (Å²) in [5.41, 5.74) is 3.34. The van der Waals surface area contributed by atoms with Gasteiger partial charge in [-0.2, -0.15) is 0 Å². The molecule has 0 radical (unpaired) electrons. The van der Waals surface area contributed by atoms with Crippen molar-refractivity contribution in [2.24, 2.45) is 0 Å². The van der Waals surface area contributed by atoms with Gasteiger partial charge in [-0.15, -0.1) is 0 Å². The molecule has 0 unspecified atom stereocenters. The van der Waals surface area contributed by atoms with Crippen molar-refractivity contribution in [3.63, 3.8) is 0 Å². The molecule has 0 aliphatic carbocycles. The minimum Gasteiger partial charge on any atom is -0.385 e. The first kappa shape index (κ1) is 13.7. The average molecular weight is 284 g/mol. The molecule has 5 heteroatoms. The van der Waals surface area contributed by atoms with Crippen molar-refractivity contribution >= 4 is 17.2 Å². The van der Waals surface area contributed by atoms with E-state index < -0.39 is 0 Å². The summed E-state index contributed by atoms with van der Waals surface area (Å²) in [7, 11) is 0. The largest absolute Gasteiger partial charge is 0.385 e. The van der Waals surface area contributed by atoms with E-state index in [1.807, 2.05) is 19.9 Å². The summed E-state index contributed by atoms with van der Waals surface area (Å²) in [6, 6.07) is 7.70. The summed E-state index contributed by atoms with van der Waals surface area (Å²) in [5, 5.41) is 6.62. The Labute approximate surface area is 123 Å². The van der Waals surface area contributed by atoms with Gasteiger partial charge < -0.3 is 15.6 Å². The summed E-state index contributed by atoms with van der Waals surface area (Å²) in [4.78, 5) is 18.9. The van der Waals surface area contributed by atoms with Crippen molar-refractivity contribution in [3.8, 4) is 0 Å². The standard InChI is InChI=1S/C16H20N4O/c1-10(2)16-19-14(9-15(21)20-16)18-12-5-6-13-11(8-12)4-3-7-17-13/h5-6,8-10,17H,3-4,7H2,1-2H3,(H2,18,19,20,21). The Morgan fingerprint density at radius 1 is 1.29 bits per heavy atom. The molecule has 0 fully saturated rings. The maximum absolute atomic E-state index is 11.7. The van der Waals surface area contributed by atoms with Gasteiger partial charge in [0.2, 0.25) is 0 Å². The van der Waals surface area contributed by atoms with Crippen LogP contribution in [-0.2, 0) is 6.42 Å². The van der Waals surface area contributed by atoms with Crippen LogP contribution in [0.4, 0.5) is 17.2 Å². The van der Waals surface area contributed by atoms with Gasteiger partial charge in [-0.25, -0.2) is 4.98 Å². The Balaban J connectivity index is 1.88. The van der Waals surface area contributed by atoms with Crippen molar-refractivity contribution in [3.05, 3.63) is 46.0 Å². The molecule has 5 nitrogen and oxygen atoms in total. The summed E-state index contributed by atoms with van der Waals surface area (Å²) in [5.74, 6) is 1.47. The highest BCUT2D eigenvalue weighted by atomic mass is 16.1. The molecule has 2 aromatic rings. The van der Waals surface area contributed by atoms with Gasteiger partial charge in [0.1, 0.15) is 11.6 Å². The number of hydrogen-bond donors (Lipinski definition) is 3. The quantitative estimate of drug-likeness (QED) is 0.810. The van der Waals surface area contributed by atoms with Gasteiger partial charge in [0.25, 0.3) is 5.56 Å². The van der Waals surface area contributed by atoms with E-state index in [2.05, 4.69) is 32.7 Å². The van der Waals surface area contributed by atoms with Crippen LogP contribution < -0.4 is 16.2 Å². The molecule has 110 valence electrons. The molecule has 3 rings (SSSR count). The molecule has 1 aliphatic rings. The molecule has 2 heterocycles. The molecule has 1 aromatic carbocycles. The van der Waals surface area contributed by atoms with Crippen molar-refractivity contribution in [2.75, 3.05) is 17.2 Å². The first-order valence-corrected chi connectivity index (χ1v) is 7.37. The zero-order chi connectivity index (χ0) is 14.8. The number of aryl methyl sites for hydroxylation is 1. The Morgan fingerprint density at radius 3 is 2.95 bits per heavy atom. The molecular formula is C16H20N4O. The van der Waals surface area contributed by atoms with Gasteiger partial charge in [-0.05, 0) is 36.6 Å². The van der Waals surface area contributed by atoms with Gasteiger partial charge in [0, 0.05) is 29.9 Å². The summed E-state index contributed by atoms with van der Waals surface area (Å²) in [6.07, 6.45) is 2.23. The third kappa shape index (κ3) is 3.07. The van der Waals surface area contributed by atoms with Crippen LogP contribution in [0, 0.1) is 0 Å². The third-order valence-electron chi connectivity index (χ3n) is 3.62. The maximum Gasteiger partial charge on any atom is 0.252 e. The van der Waals surface area contributed by atoms with Gasteiger partial charge in [-0.1, -0.05) is 13.8 Å². The van der Waals surface area contributed by atoms with Crippen molar-refractivity contribution in [2.45, 2.75) is 32.6 Å². The number of anilines is 3. The predicted octanol–water partition coefficient (Wildman–Crippen LogP) is 3.00. The zero-order valence-electron chi connectivity index (χ0n) is 12.4. The first-order chi connectivity index (χ1) is 10.1. The molecule has 3 N–H and O–H groups in total. The van der Waals surface area contributed by atoms with Crippen LogP contribution in [0.5, 0.6) is 0 Å². The molecule has 0 amide bonds. The molecular weight excluding hydrogens is 264 g/mol. The van der Waals surface area contributed by atoms with E-state index in [1.54, 1.807) is 0 Å². The Hall–Kier alpha value is -2.30. The summed E-state index contributed by atoms with van der Waals surface area (Å²) >= 11 is 0. The maximum atomic E-state index is 11.7. The molecule has 0 spiro atoms. The van der Waals surface area contributed by atoms with E-state index in [4.69, 9.17) is 0 Å². The molecule has 1 aliphatic heterocycles. The van der Waals surface area contributed by atoms with Gasteiger partial charge in [0.05, 0.1) is 0 Å². The van der Waals surface area contributed by atoms with Crippen LogP contribution in [0.3, 0.4) is 0 Å². The predicted molar refractivity (Wildman–Crippen MR) is 85.5 cm³/mol. The fraction of sp³-hybridized carbons (Fsp3) is 0.375. The van der Waals surface area contributed by atoms with E-state index in [9.17, 15) is 4.79 Å². The van der Waals surface area contributed by atoms with Crippen LogP contribution in [0.1, 0.15) is 37.6 Å². The first-order valence-electron chi connectivity index (χ1n) is 7.37. The van der Waals surface area contributed by atoms with Crippen LogP contribution in [0.25, 0.3) is 0 Å². The van der Waals surface area contributed by atoms with Gasteiger partial charge in [-0.3, -0.25) is 4.79 Å². The lowest BCUT2D eigenvalue weighted by Crippen LogP contribution is -2.14. The minimum absolute atomic E-state index is 0.129. The number of benzene rings is 1. The summed E-state index contributed by atoms with van der Waals surface area (Å²) < 4.78 is 0. The summed E-state index contributed by atoms with van der Waals surface area (Å²) in [6.45, 7) is 5.05. The second kappa shape index (κ2) is 5.60. The van der Waals surface area contributed by atoms with Crippen LogP contribution in [-0.4, -0.2) is 16.5 Å².